The standard InChI is InChI=1S/C13H25F3Si/c1-11(2)5-4-6-12(3)7-9-17-10-8-13(14,15)16/h11-12H,4-10H2,1-3H3/t12-/m0/s1. The van der Waals surface area contributed by atoms with Gasteiger partial charge < -0.3 is 0 Å². The molecule has 0 aromatic rings. The Labute approximate surface area is 106 Å². The maximum Gasteiger partial charge on any atom is 0.388 e. The van der Waals surface area contributed by atoms with E-state index in [4.69, 9.17) is 0 Å². The largest absolute Gasteiger partial charge is 0.388 e. The lowest BCUT2D eigenvalue weighted by atomic mass is 9.98. The molecular weight excluding hydrogens is 241 g/mol. The summed E-state index contributed by atoms with van der Waals surface area (Å²) in [6, 6.07) is 1.29. The predicted octanol–water partition coefficient (Wildman–Crippen LogP) is 5.33. The van der Waals surface area contributed by atoms with Crippen LogP contribution in [0.5, 0.6) is 0 Å². The fraction of sp³-hybridized carbons (Fsp3) is 1.00. The molecule has 17 heavy (non-hydrogen) atoms. The molecule has 0 bridgehead atoms. The van der Waals surface area contributed by atoms with Crippen LogP contribution in [0.3, 0.4) is 0 Å². The molecule has 0 nitrogen and oxygen atoms in total. The molecule has 0 amide bonds. The molecule has 0 aromatic heterocycles. The molecule has 0 rings (SSSR count). The summed E-state index contributed by atoms with van der Waals surface area (Å²) in [4.78, 5) is 0. The third kappa shape index (κ3) is 13.9. The highest BCUT2D eigenvalue weighted by atomic mass is 28.2. The zero-order valence-corrected chi connectivity index (χ0v) is 12.2. The Bertz CT molecular complexity index is 178. The van der Waals surface area contributed by atoms with Gasteiger partial charge in [-0.1, -0.05) is 58.5 Å². The number of hydrogen-bond acceptors (Lipinski definition) is 0. The van der Waals surface area contributed by atoms with Gasteiger partial charge in [0.05, 0.1) is 0 Å². The molecule has 0 aromatic carbocycles. The van der Waals surface area contributed by atoms with Crippen molar-refractivity contribution in [3.63, 3.8) is 0 Å². The number of rotatable bonds is 9. The van der Waals surface area contributed by atoms with Gasteiger partial charge in [0.15, 0.2) is 0 Å². The summed E-state index contributed by atoms with van der Waals surface area (Å²) in [7, 11) is 0.479. The summed E-state index contributed by atoms with van der Waals surface area (Å²) >= 11 is 0. The third-order valence-electron chi connectivity index (χ3n) is 2.88. The predicted molar refractivity (Wildman–Crippen MR) is 68.5 cm³/mol. The number of alkyl halides is 3. The first-order chi connectivity index (χ1) is 7.81. The molecule has 1 atom stereocenters. The van der Waals surface area contributed by atoms with Crippen molar-refractivity contribution in [2.45, 2.75) is 71.1 Å². The van der Waals surface area contributed by atoms with E-state index in [9.17, 15) is 13.2 Å². The Kier molecular flexibility index (Phi) is 9.01. The zero-order chi connectivity index (χ0) is 13.3. The molecule has 0 saturated heterocycles. The highest BCUT2D eigenvalue weighted by Crippen LogP contribution is 2.22. The number of hydrogen-bond donors (Lipinski definition) is 0. The van der Waals surface area contributed by atoms with Crippen LogP contribution in [0, 0.1) is 11.8 Å². The summed E-state index contributed by atoms with van der Waals surface area (Å²) in [5.74, 6) is 1.43. The average molecular weight is 266 g/mol. The fourth-order valence-corrected chi connectivity index (χ4v) is 3.13. The Hall–Kier alpha value is 0.00688. The number of halogens is 3. The van der Waals surface area contributed by atoms with Crippen molar-refractivity contribution < 1.29 is 13.2 Å². The molecule has 2 radical (unpaired) electrons. The van der Waals surface area contributed by atoms with Crippen LogP contribution in [0.4, 0.5) is 13.2 Å². The molecule has 0 unspecified atom stereocenters. The van der Waals surface area contributed by atoms with Gasteiger partial charge in [0.25, 0.3) is 0 Å². The van der Waals surface area contributed by atoms with E-state index in [1.807, 2.05) is 0 Å². The van der Waals surface area contributed by atoms with Crippen molar-refractivity contribution in [2.24, 2.45) is 11.8 Å². The van der Waals surface area contributed by atoms with Crippen LogP contribution in [0.1, 0.15) is 52.9 Å². The first-order valence-corrected chi connectivity index (χ1v) is 8.00. The van der Waals surface area contributed by atoms with Gasteiger partial charge >= 0.3 is 6.18 Å². The molecule has 0 aliphatic carbocycles. The Morgan fingerprint density at radius 1 is 0.941 bits per heavy atom. The molecule has 102 valence electrons. The van der Waals surface area contributed by atoms with Crippen molar-refractivity contribution in [2.75, 3.05) is 0 Å². The van der Waals surface area contributed by atoms with Crippen LogP contribution in [-0.4, -0.2) is 15.7 Å². The van der Waals surface area contributed by atoms with E-state index < -0.39 is 12.6 Å². The summed E-state index contributed by atoms with van der Waals surface area (Å²) in [5.41, 5.74) is 0. The average Bonchev–Trinajstić information content (AvgIpc) is 2.14. The Balaban J connectivity index is 3.30. The van der Waals surface area contributed by atoms with Crippen LogP contribution in [-0.2, 0) is 0 Å². The monoisotopic (exact) mass is 266 g/mol. The Morgan fingerprint density at radius 3 is 2.12 bits per heavy atom. The van der Waals surface area contributed by atoms with Crippen molar-refractivity contribution in [3.8, 4) is 0 Å². The molecule has 0 N–H and O–H groups in total. The summed E-state index contributed by atoms with van der Waals surface area (Å²) in [6.45, 7) is 6.67. The van der Waals surface area contributed by atoms with Gasteiger partial charge in [-0.2, -0.15) is 13.2 Å². The SMILES string of the molecule is CC(C)CCC[C@H](C)CC[Si]CCC(F)(F)F. The molecule has 0 heterocycles. The zero-order valence-electron chi connectivity index (χ0n) is 11.2. The van der Waals surface area contributed by atoms with Crippen LogP contribution >= 0.6 is 0 Å². The molecule has 0 aliphatic heterocycles. The van der Waals surface area contributed by atoms with Crippen molar-refractivity contribution in [1.29, 1.82) is 0 Å². The second-order valence-electron chi connectivity index (χ2n) is 5.33. The fourth-order valence-electron chi connectivity index (χ4n) is 1.72. The summed E-state index contributed by atoms with van der Waals surface area (Å²) in [5, 5.41) is 0. The first kappa shape index (κ1) is 17.0. The molecule has 0 fully saturated rings. The molecule has 0 spiro atoms. The van der Waals surface area contributed by atoms with E-state index in [1.54, 1.807) is 0 Å². The van der Waals surface area contributed by atoms with Crippen molar-refractivity contribution in [1.82, 2.24) is 0 Å². The second kappa shape index (κ2) is 9.01. The molecule has 0 saturated carbocycles. The normalized spacial score (nSPS) is 14.3. The van der Waals surface area contributed by atoms with Gasteiger partial charge in [-0.05, 0) is 11.8 Å². The van der Waals surface area contributed by atoms with Gasteiger partial charge in [-0.25, -0.2) is 0 Å². The highest BCUT2D eigenvalue weighted by molar-refractivity contribution is 6.35. The molecule has 0 aliphatic rings. The van der Waals surface area contributed by atoms with Crippen molar-refractivity contribution >= 4 is 9.52 Å². The summed E-state index contributed by atoms with van der Waals surface area (Å²) in [6.07, 6.45) is 0.268. The van der Waals surface area contributed by atoms with Gasteiger partial charge in [0.1, 0.15) is 0 Å². The van der Waals surface area contributed by atoms with Gasteiger partial charge in [0.2, 0.25) is 0 Å². The molecule has 4 heteroatoms. The van der Waals surface area contributed by atoms with Gasteiger partial charge in [-0.3, -0.25) is 0 Å². The van der Waals surface area contributed by atoms with Crippen LogP contribution in [0.25, 0.3) is 0 Å². The minimum absolute atomic E-state index is 0.322. The van der Waals surface area contributed by atoms with Gasteiger partial charge in [-0.15, -0.1) is 0 Å². The maximum absolute atomic E-state index is 11.9. The first-order valence-electron chi connectivity index (χ1n) is 6.58. The Morgan fingerprint density at radius 2 is 1.59 bits per heavy atom. The topological polar surface area (TPSA) is 0 Å². The second-order valence-corrected chi connectivity index (χ2v) is 6.83. The minimum atomic E-state index is -3.96. The quantitative estimate of drug-likeness (QED) is 0.391. The third-order valence-corrected chi connectivity index (χ3v) is 4.12. The highest BCUT2D eigenvalue weighted by Gasteiger charge is 2.25. The lowest BCUT2D eigenvalue weighted by molar-refractivity contribution is -0.130. The van der Waals surface area contributed by atoms with Crippen LogP contribution < -0.4 is 0 Å². The smallest absolute Gasteiger partial charge is 0.171 e. The maximum atomic E-state index is 11.9. The summed E-state index contributed by atoms with van der Waals surface area (Å²) < 4.78 is 35.7. The van der Waals surface area contributed by atoms with E-state index in [2.05, 4.69) is 20.8 Å². The van der Waals surface area contributed by atoms with E-state index in [-0.39, 0.29) is 0 Å². The van der Waals surface area contributed by atoms with E-state index in [1.165, 1.54) is 19.3 Å². The van der Waals surface area contributed by atoms with Crippen LogP contribution in [0.15, 0.2) is 0 Å². The minimum Gasteiger partial charge on any atom is -0.171 e. The lowest BCUT2D eigenvalue weighted by Crippen LogP contribution is -2.08. The van der Waals surface area contributed by atoms with E-state index >= 15 is 0 Å². The van der Waals surface area contributed by atoms with Crippen LogP contribution in [0.2, 0.25) is 12.1 Å². The molecular formula is C13H25F3Si. The van der Waals surface area contributed by atoms with Crippen molar-refractivity contribution in [3.05, 3.63) is 0 Å². The van der Waals surface area contributed by atoms with Gasteiger partial charge in [0, 0.05) is 15.9 Å². The lowest BCUT2D eigenvalue weighted by Gasteiger charge is -2.12. The van der Waals surface area contributed by atoms with E-state index in [0.29, 0.717) is 21.5 Å². The van der Waals surface area contributed by atoms with E-state index in [0.717, 1.165) is 18.4 Å².